The molecule has 4 atom stereocenters. The molecule has 0 fully saturated rings. The second kappa shape index (κ2) is 14.0. The van der Waals surface area contributed by atoms with Crippen molar-refractivity contribution < 1.29 is 39.0 Å². The summed E-state index contributed by atoms with van der Waals surface area (Å²) >= 11 is 0. The van der Waals surface area contributed by atoms with Crippen LogP contribution in [0.25, 0.3) is 0 Å². The predicted molar refractivity (Wildman–Crippen MR) is 116 cm³/mol. The van der Waals surface area contributed by atoms with Gasteiger partial charge in [-0.15, -0.1) is 0 Å². The maximum absolute atomic E-state index is 12.8. The van der Waals surface area contributed by atoms with E-state index in [9.17, 15) is 33.9 Å². The van der Waals surface area contributed by atoms with Crippen molar-refractivity contribution in [1.82, 2.24) is 16.0 Å². The third kappa shape index (κ3) is 11.8. The molecule has 0 aromatic rings. The molecule has 13 heteroatoms. The zero-order valence-electron chi connectivity index (χ0n) is 19.3. The van der Waals surface area contributed by atoms with Crippen molar-refractivity contribution >= 4 is 35.6 Å². The summed E-state index contributed by atoms with van der Waals surface area (Å²) in [6.45, 7) is 6.78. The van der Waals surface area contributed by atoms with Crippen molar-refractivity contribution in [3.8, 4) is 0 Å². The van der Waals surface area contributed by atoms with Crippen molar-refractivity contribution in [3.63, 3.8) is 0 Å². The molecule has 0 heterocycles. The van der Waals surface area contributed by atoms with E-state index in [0.29, 0.717) is 6.42 Å². The van der Waals surface area contributed by atoms with Gasteiger partial charge in [-0.3, -0.25) is 24.0 Å². The summed E-state index contributed by atoms with van der Waals surface area (Å²) in [5.74, 6) is -6.56. The molecule has 0 bridgehead atoms. The van der Waals surface area contributed by atoms with Gasteiger partial charge in [-0.2, -0.15) is 0 Å². The van der Waals surface area contributed by atoms with E-state index in [-0.39, 0.29) is 18.8 Å². The topological polar surface area (TPSA) is 231 Å². The summed E-state index contributed by atoms with van der Waals surface area (Å²) in [5.41, 5.74) is 10.9. The lowest BCUT2D eigenvalue weighted by atomic mass is 10.0. The summed E-state index contributed by atoms with van der Waals surface area (Å²) in [6, 6.07) is -5.21. The number of nitrogens with one attached hydrogen (secondary N) is 3. The van der Waals surface area contributed by atoms with E-state index in [1.807, 2.05) is 13.8 Å². The summed E-state index contributed by atoms with van der Waals surface area (Å²) in [5, 5.41) is 25.2. The maximum Gasteiger partial charge on any atom is 0.326 e. The molecule has 0 saturated heterocycles. The molecule has 4 amide bonds. The largest absolute Gasteiger partial charge is 0.481 e. The number of amides is 4. The van der Waals surface area contributed by atoms with Gasteiger partial charge in [-0.05, 0) is 24.7 Å². The molecular weight excluding hydrogens is 438 g/mol. The monoisotopic (exact) mass is 473 g/mol. The molecular formula is C20H35N5O8. The number of carbonyl (C=O) groups excluding carboxylic acids is 4. The van der Waals surface area contributed by atoms with Gasteiger partial charge in [0.2, 0.25) is 23.6 Å². The van der Waals surface area contributed by atoms with Gasteiger partial charge < -0.3 is 37.6 Å². The quantitative estimate of drug-likeness (QED) is 0.143. The van der Waals surface area contributed by atoms with Crippen LogP contribution in [0.2, 0.25) is 0 Å². The van der Waals surface area contributed by atoms with Crippen molar-refractivity contribution in [3.05, 3.63) is 0 Å². The van der Waals surface area contributed by atoms with Crippen LogP contribution in [0.3, 0.4) is 0 Å². The van der Waals surface area contributed by atoms with Gasteiger partial charge in [0.05, 0.1) is 12.5 Å². The minimum atomic E-state index is -1.63. The Kier molecular flexibility index (Phi) is 12.7. The zero-order chi connectivity index (χ0) is 25.9. The van der Waals surface area contributed by atoms with Crippen LogP contribution in [0.4, 0.5) is 0 Å². The molecule has 0 aromatic carbocycles. The number of hydrogen-bond acceptors (Lipinski definition) is 7. The number of carbonyl (C=O) groups is 6. The Morgan fingerprint density at radius 1 is 0.818 bits per heavy atom. The highest BCUT2D eigenvalue weighted by Crippen LogP contribution is 2.07. The number of primary amides is 1. The van der Waals surface area contributed by atoms with Crippen LogP contribution < -0.4 is 27.4 Å². The lowest BCUT2D eigenvalue weighted by Crippen LogP contribution is -2.58. The number of nitrogens with two attached hydrogens (primary N) is 2. The molecule has 33 heavy (non-hydrogen) atoms. The molecule has 0 radical (unpaired) electrons. The normalized spacial score (nSPS) is 14.6. The molecule has 0 saturated carbocycles. The lowest BCUT2D eigenvalue weighted by molar-refractivity contribution is -0.144. The summed E-state index contributed by atoms with van der Waals surface area (Å²) in [6.07, 6.45) is -1.01. The molecule has 9 N–H and O–H groups in total. The van der Waals surface area contributed by atoms with Gasteiger partial charge >= 0.3 is 11.9 Å². The van der Waals surface area contributed by atoms with Gasteiger partial charge in [0.1, 0.15) is 18.1 Å². The van der Waals surface area contributed by atoms with E-state index < -0.39 is 72.1 Å². The number of aliphatic carboxylic acids is 2. The molecule has 188 valence electrons. The van der Waals surface area contributed by atoms with E-state index >= 15 is 0 Å². The third-order valence-electron chi connectivity index (χ3n) is 4.62. The van der Waals surface area contributed by atoms with Crippen LogP contribution >= 0.6 is 0 Å². The standard InChI is InChI=1S/C20H35N5O8/c1-9(2)7-11(21)17(29)23-12(5-6-14(22)26)18(30)24-13(8-15(27)28)19(31)25-16(10(3)4)20(32)33/h9-13,16H,5-8,21H2,1-4H3,(H2,22,26)(H,23,29)(H,24,30)(H,25,31)(H,27,28)(H,32,33). The predicted octanol–water partition coefficient (Wildman–Crippen LogP) is -1.70. The van der Waals surface area contributed by atoms with Gasteiger partial charge in [0.15, 0.2) is 0 Å². The molecule has 0 spiro atoms. The van der Waals surface area contributed by atoms with Crippen LogP contribution in [0.5, 0.6) is 0 Å². The average Bonchev–Trinajstić information content (AvgIpc) is 2.66. The minimum absolute atomic E-state index is 0.0930. The van der Waals surface area contributed by atoms with E-state index in [1.54, 1.807) is 13.8 Å². The number of carboxylic acids is 2. The van der Waals surface area contributed by atoms with Crippen LogP contribution in [0, 0.1) is 11.8 Å². The third-order valence-corrected chi connectivity index (χ3v) is 4.62. The van der Waals surface area contributed by atoms with Crippen LogP contribution in [0.15, 0.2) is 0 Å². The average molecular weight is 474 g/mol. The number of carboxylic acid groups (broad SMARTS) is 2. The molecule has 4 unspecified atom stereocenters. The summed E-state index contributed by atoms with van der Waals surface area (Å²) < 4.78 is 0. The summed E-state index contributed by atoms with van der Waals surface area (Å²) in [7, 11) is 0. The van der Waals surface area contributed by atoms with Gasteiger partial charge in [-0.25, -0.2) is 4.79 Å². The maximum atomic E-state index is 12.8. The SMILES string of the molecule is CC(C)CC(N)C(=O)NC(CCC(N)=O)C(=O)NC(CC(=O)O)C(=O)NC(C(=O)O)C(C)C. The molecule has 0 rings (SSSR count). The zero-order valence-corrected chi connectivity index (χ0v) is 19.3. The smallest absolute Gasteiger partial charge is 0.326 e. The van der Waals surface area contributed by atoms with Crippen molar-refractivity contribution in [2.24, 2.45) is 23.3 Å². The van der Waals surface area contributed by atoms with Gasteiger partial charge in [0, 0.05) is 6.42 Å². The van der Waals surface area contributed by atoms with Gasteiger partial charge in [-0.1, -0.05) is 27.7 Å². The second-order valence-electron chi connectivity index (χ2n) is 8.53. The fourth-order valence-corrected chi connectivity index (χ4v) is 2.87. The Labute approximate surface area is 192 Å². The van der Waals surface area contributed by atoms with Crippen LogP contribution in [-0.4, -0.2) is 69.9 Å². The van der Waals surface area contributed by atoms with Crippen molar-refractivity contribution in [2.75, 3.05) is 0 Å². The Morgan fingerprint density at radius 2 is 1.33 bits per heavy atom. The minimum Gasteiger partial charge on any atom is -0.481 e. The second-order valence-corrected chi connectivity index (χ2v) is 8.53. The van der Waals surface area contributed by atoms with Crippen LogP contribution in [-0.2, 0) is 28.8 Å². The number of hydrogen-bond donors (Lipinski definition) is 7. The first-order valence-corrected chi connectivity index (χ1v) is 10.5. The molecule has 0 aliphatic carbocycles. The Hall–Kier alpha value is -3.22. The van der Waals surface area contributed by atoms with Crippen molar-refractivity contribution in [2.45, 2.75) is 77.5 Å². The fraction of sp³-hybridized carbons (Fsp3) is 0.700. The molecule has 0 aliphatic heterocycles. The number of rotatable bonds is 15. The molecule has 0 aromatic heterocycles. The van der Waals surface area contributed by atoms with Gasteiger partial charge in [0.25, 0.3) is 0 Å². The Morgan fingerprint density at radius 3 is 1.76 bits per heavy atom. The fourth-order valence-electron chi connectivity index (χ4n) is 2.87. The van der Waals surface area contributed by atoms with E-state index in [1.165, 1.54) is 0 Å². The molecule has 0 aliphatic rings. The Balaban J connectivity index is 5.58. The van der Waals surface area contributed by atoms with E-state index in [4.69, 9.17) is 16.6 Å². The first-order valence-electron chi connectivity index (χ1n) is 10.5. The van der Waals surface area contributed by atoms with E-state index in [2.05, 4.69) is 16.0 Å². The highest BCUT2D eigenvalue weighted by atomic mass is 16.4. The van der Waals surface area contributed by atoms with Crippen LogP contribution in [0.1, 0.15) is 53.4 Å². The first kappa shape index (κ1) is 29.8. The van der Waals surface area contributed by atoms with Crippen molar-refractivity contribution in [1.29, 1.82) is 0 Å². The highest BCUT2D eigenvalue weighted by molar-refractivity contribution is 5.95. The summed E-state index contributed by atoms with van der Waals surface area (Å²) in [4.78, 5) is 71.4. The van der Waals surface area contributed by atoms with E-state index in [0.717, 1.165) is 0 Å². The highest BCUT2D eigenvalue weighted by Gasteiger charge is 2.32. The molecule has 13 nitrogen and oxygen atoms in total. The first-order chi connectivity index (χ1) is 15.1. The Bertz CT molecular complexity index is 740. The lowest BCUT2D eigenvalue weighted by Gasteiger charge is -2.25.